The summed E-state index contributed by atoms with van der Waals surface area (Å²) in [4.78, 5) is 0. The standard InChI is InChI=1S/C23H24N2O3/c1-22(26)19-18(14-8-4-2-5-9-14)16-12-23(22,15-10-6-3-7-11-15)13-17(20(16)24-27)21(19)25-28/h2-11,16-19,26-28H,12-13H2,1H3/b24-20+,25-21-. The van der Waals surface area contributed by atoms with Crippen LogP contribution in [0.3, 0.4) is 0 Å². The molecular weight excluding hydrogens is 352 g/mol. The van der Waals surface area contributed by atoms with Crippen molar-refractivity contribution in [1.82, 2.24) is 0 Å². The summed E-state index contributed by atoms with van der Waals surface area (Å²) in [5.74, 6) is -0.703. The van der Waals surface area contributed by atoms with Crippen molar-refractivity contribution in [3.8, 4) is 0 Å². The Morgan fingerprint density at radius 3 is 2.07 bits per heavy atom. The van der Waals surface area contributed by atoms with E-state index in [1.54, 1.807) is 0 Å². The highest BCUT2D eigenvalue weighted by molar-refractivity contribution is 6.14. The maximum absolute atomic E-state index is 12.0. The van der Waals surface area contributed by atoms with Gasteiger partial charge < -0.3 is 15.5 Å². The lowest BCUT2D eigenvalue weighted by Gasteiger charge is -2.67. The predicted molar refractivity (Wildman–Crippen MR) is 106 cm³/mol. The van der Waals surface area contributed by atoms with E-state index in [1.807, 2.05) is 55.5 Å². The van der Waals surface area contributed by atoms with Crippen molar-refractivity contribution in [1.29, 1.82) is 0 Å². The lowest BCUT2D eigenvalue weighted by molar-refractivity contribution is -0.121. The molecule has 0 aliphatic heterocycles. The predicted octanol–water partition coefficient (Wildman–Crippen LogP) is 3.79. The second-order valence-corrected chi connectivity index (χ2v) is 8.63. The SMILES string of the molecule is CC1(O)C2/C(=N\O)C3CC1(c1ccccc1)CC(/C3=N\O)C2c1ccccc1. The number of aliphatic hydroxyl groups is 1. The minimum absolute atomic E-state index is 0.0120. The highest BCUT2D eigenvalue weighted by Crippen LogP contribution is 2.67. The summed E-state index contributed by atoms with van der Waals surface area (Å²) in [5, 5.41) is 39.1. The quantitative estimate of drug-likeness (QED) is 0.551. The zero-order chi connectivity index (χ0) is 19.5. The Kier molecular flexibility index (Phi) is 3.68. The van der Waals surface area contributed by atoms with Crippen LogP contribution in [-0.2, 0) is 5.41 Å². The highest BCUT2D eigenvalue weighted by atomic mass is 16.4. The van der Waals surface area contributed by atoms with Crippen LogP contribution < -0.4 is 0 Å². The summed E-state index contributed by atoms with van der Waals surface area (Å²) < 4.78 is 0. The van der Waals surface area contributed by atoms with Crippen LogP contribution in [0, 0.1) is 17.8 Å². The van der Waals surface area contributed by atoms with E-state index in [4.69, 9.17) is 0 Å². The van der Waals surface area contributed by atoms with Crippen LogP contribution in [0.2, 0.25) is 0 Å². The van der Waals surface area contributed by atoms with Crippen LogP contribution in [0.1, 0.15) is 36.8 Å². The molecular formula is C23H24N2O3. The number of rotatable bonds is 2. The normalized spacial score (nSPS) is 41.6. The van der Waals surface area contributed by atoms with E-state index in [-0.39, 0.29) is 23.7 Å². The molecule has 5 nitrogen and oxygen atoms in total. The van der Waals surface area contributed by atoms with Crippen LogP contribution in [0.5, 0.6) is 0 Å². The van der Waals surface area contributed by atoms with Crippen molar-refractivity contribution >= 4 is 11.4 Å². The minimum atomic E-state index is -1.09. The van der Waals surface area contributed by atoms with Gasteiger partial charge in [0.2, 0.25) is 0 Å². The van der Waals surface area contributed by atoms with Gasteiger partial charge in [-0.2, -0.15) is 0 Å². The lowest BCUT2D eigenvalue weighted by Crippen LogP contribution is -2.73. The molecule has 6 rings (SSSR count). The average molecular weight is 376 g/mol. The minimum Gasteiger partial charge on any atom is -0.411 e. The van der Waals surface area contributed by atoms with Gasteiger partial charge in [-0.15, -0.1) is 0 Å². The van der Waals surface area contributed by atoms with E-state index in [0.29, 0.717) is 24.3 Å². The van der Waals surface area contributed by atoms with Gasteiger partial charge in [0.25, 0.3) is 0 Å². The van der Waals surface area contributed by atoms with Gasteiger partial charge in [-0.1, -0.05) is 71.0 Å². The Bertz CT molecular complexity index is 954. The van der Waals surface area contributed by atoms with Crippen molar-refractivity contribution < 1.29 is 15.5 Å². The molecule has 4 fully saturated rings. The third-order valence-corrected chi connectivity index (χ3v) is 7.64. The summed E-state index contributed by atoms with van der Waals surface area (Å²) in [7, 11) is 0. The first-order valence-corrected chi connectivity index (χ1v) is 9.81. The molecule has 0 aromatic heterocycles. The van der Waals surface area contributed by atoms with Crippen LogP contribution >= 0.6 is 0 Å². The number of nitrogens with zero attached hydrogens (tertiary/aromatic N) is 2. The van der Waals surface area contributed by atoms with Gasteiger partial charge in [-0.05, 0) is 30.9 Å². The smallest absolute Gasteiger partial charge is 0.0804 e. The van der Waals surface area contributed by atoms with Crippen molar-refractivity contribution in [2.45, 2.75) is 36.7 Å². The number of oxime groups is 2. The van der Waals surface area contributed by atoms with Crippen LogP contribution in [0.25, 0.3) is 0 Å². The van der Waals surface area contributed by atoms with Crippen LogP contribution in [-0.4, -0.2) is 32.5 Å². The zero-order valence-electron chi connectivity index (χ0n) is 15.7. The van der Waals surface area contributed by atoms with Gasteiger partial charge >= 0.3 is 0 Å². The topological polar surface area (TPSA) is 85.4 Å². The maximum atomic E-state index is 12.0. The molecule has 4 aliphatic rings. The molecule has 4 aliphatic carbocycles. The summed E-state index contributed by atoms with van der Waals surface area (Å²) in [6, 6.07) is 20.1. The fourth-order valence-electron chi connectivity index (χ4n) is 6.48. The molecule has 6 unspecified atom stereocenters. The molecule has 2 aromatic rings. The molecule has 3 N–H and O–H groups in total. The zero-order valence-corrected chi connectivity index (χ0v) is 15.7. The van der Waals surface area contributed by atoms with E-state index in [2.05, 4.69) is 22.4 Å². The summed E-state index contributed by atoms with van der Waals surface area (Å²) in [6.07, 6.45) is 1.28. The molecule has 0 spiro atoms. The van der Waals surface area contributed by atoms with Gasteiger partial charge in [-0.3, -0.25) is 0 Å². The fraction of sp³-hybridized carbons (Fsp3) is 0.391. The molecule has 2 aromatic carbocycles. The average Bonchev–Trinajstić information content (AvgIpc) is 2.72. The number of benzene rings is 2. The Morgan fingerprint density at radius 1 is 0.857 bits per heavy atom. The van der Waals surface area contributed by atoms with Crippen molar-refractivity contribution in [2.75, 3.05) is 0 Å². The van der Waals surface area contributed by atoms with Gasteiger partial charge in [0, 0.05) is 29.1 Å². The van der Waals surface area contributed by atoms with Crippen molar-refractivity contribution in [2.24, 2.45) is 28.1 Å². The molecule has 6 atom stereocenters. The Balaban J connectivity index is 1.76. The Labute approximate surface area is 164 Å². The first-order chi connectivity index (χ1) is 13.5. The van der Waals surface area contributed by atoms with E-state index >= 15 is 0 Å². The van der Waals surface area contributed by atoms with Gasteiger partial charge in [0.05, 0.1) is 17.0 Å². The molecule has 144 valence electrons. The first kappa shape index (κ1) is 17.4. The van der Waals surface area contributed by atoms with E-state index in [0.717, 1.165) is 11.1 Å². The second kappa shape index (κ2) is 5.92. The monoisotopic (exact) mass is 376 g/mol. The molecule has 0 saturated heterocycles. The third-order valence-electron chi connectivity index (χ3n) is 7.64. The largest absolute Gasteiger partial charge is 0.411 e. The molecule has 0 amide bonds. The van der Waals surface area contributed by atoms with Crippen molar-refractivity contribution in [3.05, 3.63) is 71.8 Å². The van der Waals surface area contributed by atoms with Gasteiger partial charge in [0.1, 0.15) is 0 Å². The number of hydrogen-bond acceptors (Lipinski definition) is 5. The number of hydrogen-bond donors (Lipinski definition) is 3. The van der Waals surface area contributed by atoms with Gasteiger partial charge in [0.15, 0.2) is 0 Å². The summed E-state index contributed by atoms with van der Waals surface area (Å²) in [6.45, 7) is 1.89. The summed E-state index contributed by atoms with van der Waals surface area (Å²) in [5.41, 5.74) is 1.82. The molecule has 5 heteroatoms. The highest BCUT2D eigenvalue weighted by Gasteiger charge is 2.71. The first-order valence-electron chi connectivity index (χ1n) is 9.81. The van der Waals surface area contributed by atoms with Crippen LogP contribution in [0.4, 0.5) is 0 Å². The van der Waals surface area contributed by atoms with Gasteiger partial charge in [-0.25, -0.2) is 0 Å². The van der Waals surface area contributed by atoms with E-state index in [1.165, 1.54) is 0 Å². The molecule has 0 heterocycles. The van der Waals surface area contributed by atoms with Crippen molar-refractivity contribution in [3.63, 3.8) is 0 Å². The second-order valence-electron chi connectivity index (χ2n) is 8.63. The molecule has 28 heavy (non-hydrogen) atoms. The lowest BCUT2D eigenvalue weighted by atomic mass is 9.37. The van der Waals surface area contributed by atoms with E-state index < -0.39 is 11.0 Å². The molecule has 4 bridgehead atoms. The maximum Gasteiger partial charge on any atom is 0.0804 e. The fourth-order valence-corrected chi connectivity index (χ4v) is 6.48. The summed E-state index contributed by atoms with van der Waals surface area (Å²) >= 11 is 0. The molecule has 0 radical (unpaired) electrons. The third kappa shape index (κ3) is 2.00. The van der Waals surface area contributed by atoms with E-state index in [9.17, 15) is 15.5 Å². The Hall–Kier alpha value is -2.66. The Morgan fingerprint density at radius 2 is 1.46 bits per heavy atom. The van der Waals surface area contributed by atoms with Crippen LogP contribution in [0.15, 0.2) is 71.0 Å². The molecule has 4 saturated carbocycles.